The van der Waals surface area contributed by atoms with E-state index in [1.54, 1.807) is 13.2 Å². The lowest BCUT2D eigenvalue weighted by atomic mass is 10.2. The van der Waals surface area contributed by atoms with Crippen LogP contribution in [-0.2, 0) is 11.3 Å². The molecule has 21 heavy (non-hydrogen) atoms. The van der Waals surface area contributed by atoms with E-state index in [-0.39, 0.29) is 5.82 Å². The van der Waals surface area contributed by atoms with Crippen molar-refractivity contribution in [3.8, 4) is 11.5 Å². The summed E-state index contributed by atoms with van der Waals surface area (Å²) in [6, 6.07) is 12.1. The highest BCUT2D eigenvalue weighted by Gasteiger charge is 2.08. The van der Waals surface area contributed by atoms with Crippen LogP contribution in [0, 0.1) is 5.82 Å². The summed E-state index contributed by atoms with van der Waals surface area (Å²) in [6.07, 6.45) is 0. The number of rotatable bonds is 7. The van der Waals surface area contributed by atoms with Gasteiger partial charge in [0.05, 0.1) is 11.1 Å². The highest BCUT2D eigenvalue weighted by atomic mass is 79.9. The van der Waals surface area contributed by atoms with E-state index in [2.05, 4.69) is 21.2 Å². The van der Waals surface area contributed by atoms with E-state index in [4.69, 9.17) is 9.47 Å². The van der Waals surface area contributed by atoms with Crippen molar-refractivity contribution in [2.45, 2.75) is 6.54 Å². The molecule has 1 N–H and O–H groups in total. The molecule has 0 unspecified atom stereocenters. The fraction of sp³-hybridized carbons (Fsp3) is 0.250. The summed E-state index contributed by atoms with van der Waals surface area (Å²) in [6.45, 7) is 1.82. The highest BCUT2D eigenvalue weighted by molar-refractivity contribution is 9.10. The molecule has 0 saturated heterocycles. The van der Waals surface area contributed by atoms with E-state index in [1.807, 2.05) is 24.3 Å². The molecular formula is C16H17BrFNO2. The number of nitrogens with one attached hydrogen (secondary N) is 1. The van der Waals surface area contributed by atoms with Gasteiger partial charge in [-0.15, -0.1) is 0 Å². The zero-order chi connectivity index (χ0) is 15.1. The minimum Gasteiger partial charge on any atom is -0.456 e. The van der Waals surface area contributed by atoms with Gasteiger partial charge >= 0.3 is 0 Å². The monoisotopic (exact) mass is 353 g/mol. The van der Waals surface area contributed by atoms with Gasteiger partial charge in [-0.3, -0.25) is 0 Å². The Kier molecular flexibility index (Phi) is 6.17. The van der Waals surface area contributed by atoms with Crippen molar-refractivity contribution >= 4 is 15.9 Å². The zero-order valence-corrected chi connectivity index (χ0v) is 13.3. The van der Waals surface area contributed by atoms with Crippen molar-refractivity contribution in [2.75, 3.05) is 20.3 Å². The molecule has 0 aliphatic carbocycles. The van der Waals surface area contributed by atoms with E-state index >= 15 is 0 Å². The van der Waals surface area contributed by atoms with Crippen LogP contribution < -0.4 is 10.1 Å². The minimum atomic E-state index is -0.280. The molecule has 0 atom stereocenters. The lowest BCUT2D eigenvalue weighted by molar-refractivity contribution is 0.199. The number of hydrogen-bond donors (Lipinski definition) is 1. The van der Waals surface area contributed by atoms with Crippen molar-refractivity contribution in [1.29, 1.82) is 0 Å². The Hall–Kier alpha value is -1.43. The van der Waals surface area contributed by atoms with Crippen LogP contribution in [0.5, 0.6) is 11.5 Å². The molecule has 0 heterocycles. The van der Waals surface area contributed by atoms with Crippen LogP contribution in [0.15, 0.2) is 46.9 Å². The van der Waals surface area contributed by atoms with Gasteiger partial charge in [0.25, 0.3) is 0 Å². The fourth-order valence-electron chi connectivity index (χ4n) is 1.83. The first-order chi connectivity index (χ1) is 10.2. The normalized spacial score (nSPS) is 10.6. The molecule has 2 rings (SSSR count). The van der Waals surface area contributed by atoms with Crippen LogP contribution in [-0.4, -0.2) is 20.3 Å². The number of ether oxygens (including phenoxy) is 2. The maximum absolute atomic E-state index is 13.4. The quantitative estimate of drug-likeness (QED) is 0.759. The van der Waals surface area contributed by atoms with Crippen LogP contribution in [0.4, 0.5) is 4.39 Å². The predicted octanol–water partition coefficient (Wildman–Crippen LogP) is 4.12. The van der Waals surface area contributed by atoms with Crippen molar-refractivity contribution in [2.24, 2.45) is 0 Å². The summed E-state index contributed by atoms with van der Waals surface area (Å²) in [4.78, 5) is 0. The van der Waals surface area contributed by atoms with Gasteiger partial charge < -0.3 is 14.8 Å². The molecule has 0 spiro atoms. The first-order valence-electron chi connectivity index (χ1n) is 6.61. The number of hydrogen-bond acceptors (Lipinski definition) is 3. The third-order valence-corrected chi connectivity index (χ3v) is 3.53. The smallest absolute Gasteiger partial charge is 0.141 e. The first-order valence-corrected chi connectivity index (χ1v) is 7.40. The van der Waals surface area contributed by atoms with Gasteiger partial charge in [-0.05, 0) is 46.3 Å². The lowest BCUT2D eigenvalue weighted by Crippen LogP contribution is -2.19. The van der Waals surface area contributed by atoms with Gasteiger partial charge in [0.15, 0.2) is 0 Å². The van der Waals surface area contributed by atoms with E-state index in [0.29, 0.717) is 31.2 Å². The van der Waals surface area contributed by atoms with Gasteiger partial charge in [-0.1, -0.05) is 12.1 Å². The molecule has 0 aromatic heterocycles. The molecule has 2 aromatic carbocycles. The summed E-state index contributed by atoms with van der Waals surface area (Å²) in [5.41, 5.74) is 0.766. The Balaban J connectivity index is 2.13. The average Bonchev–Trinajstić information content (AvgIpc) is 2.48. The number of benzene rings is 2. The fourth-order valence-corrected chi connectivity index (χ4v) is 2.19. The predicted molar refractivity (Wildman–Crippen MR) is 84.2 cm³/mol. The van der Waals surface area contributed by atoms with E-state index < -0.39 is 0 Å². The van der Waals surface area contributed by atoms with Crippen LogP contribution in [0.1, 0.15) is 5.56 Å². The summed E-state index contributed by atoms with van der Waals surface area (Å²) in [5, 5.41) is 3.19. The van der Waals surface area contributed by atoms with Crippen LogP contribution >= 0.6 is 15.9 Å². The summed E-state index contributed by atoms with van der Waals surface area (Å²) < 4.78 is 25.1. The SMILES string of the molecule is COCCNCc1cc(F)ccc1Oc1ccccc1Br. The third-order valence-electron chi connectivity index (χ3n) is 2.88. The zero-order valence-electron chi connectivity index (χ0n) is 11.7. The lowest BCUT2D eigenvalue weighted by Gasteiger charge is -2.13. The van der Waals surface area contributed by atoms with Crippen molar-refractivity contribution in [3.63, 3.8) is 0 Å². The summed E-state index contributed by atoms with van der Waals surface area (Å²) in [7, 11) is 1.64. The van der Waals surface area contributed by atoms with Crippen LogP contribution in [0.2, 0.25) is 0 Å². The Morgan fingerprint density at radius 3 is 2.71 bits per heavy atom. The summed E-state index contributed by atoms with van der Waals surface area (Å²) in [5.74, 6) is 1.05. The minimum absolute atomic E-state index is 0.280. The van der Waals surface area contributed by atoms with Crippen LogP contribution in [0.25, 0.3) is 0 Å². The van der Waals surface area contributed by atoms with Crippen molar-refractivity contribution in [1.82, 2.24) is 5.32 Å². The molecule has 0 saturated carbocycles. The van der Waals surface area contributed by atoms with Crippen molar-refractivity contribution in [3.05, 3.63) is 58.3 Å². The maximum atomic E-state index is 13.4. The molecule has 5 heteroatoms. The molecule has 0 fully saturated rings. The summed E-state index contributed by atoms with van der Waals surface area (Å²) >= 11 is 3.43. The Labute approximate surface area is 132 Å². The Morgan fingerprint density at radius 2 is 1.95 bits per heavy atom. The Bertz CT molecular complexity index is 592. The van der Waals surface area contributed by atoms with Gasteiger partial charge in [0.1, 0.15) is 17.3 Å². The largest absolute Gasteiger partial charge is 0.456 e. The molecule has 2 aromatic rings. The second kappa shape index (κ2) is 8.12. The Morgan fingerprint density at radius 1 is 1.14 bits per heavy atom. The molecule has 0 bridgehead atoms. The first kappa shape index (κ1) is 15.9. The molecule has 3 nitrogen and oxygen atoms in total. The molecule has 112 valence electrons. The molecule has 0 aliphatic heterocycles. The van der Waals surface area contributed by atoms with Crippen LogP contribution in [0.3, 0.4) is 0 Å². The molecule has 0 aliphatic rings. The second-order valence-electron chi connectivity index (χ2n) is 4.45. The average molecular weight is 354 g/mol. The molecule has 0 radical (unpaired) electrons. The highest BCUT2D eigenvalue weighted by Crippen LogP contribution is 2.31. The molecule has 0 amide bonds. The van der Waals surface area contributed by atoms with Gasteiger partial charge in [-0.2, -0.15) is 0 Å². The van der Waals surface area contributed by atoms with E-state index in [9.17, 15) is 4.39 Å². The van der Waals surface area contributed by atoms with E-state index in [0.717, 1.165) is 10.0 Å². The second-order valence-corrected chi connectivity index (χ2v) is 5.31. The van der Waals surface area contributed by atoms with Gasteiger partial charge in [0.2, 0.25) is 0 Å². The maximum Gasteiger partial charge on any atom is 0.141 e. The molecular weight excluding hydrogens is 337 g/mol. The van der Waals surface area contributed by atoms with E-state index in [1.165, 1.54) is 12.1 Å². The number of halogens is 2. The topological polar surface area (TPSA) is 30.5 Å². The van der Waals surface area contributed by atoms with Gasteiger partial charge in [0, 0.05) is 25.8 Å². The van der Waals surface area contributed by atoms with Gasteiger partial charge in [-0.25, -0.2) is 4.39 Å². The number of para-hydroxylation sites is 1. The van der Waals surface area contributed by atoms with Crippen molar-refractivity contribution < 1.29 is 13.9 Å². The number of methoxy groups -OCH3 is 1. The third kappa shape index (κ3) is 4.81. The standard InChI is InChI=1S/C16H17BrFNO2/c1-20-9-8-19-11-12-10-13(18)6-7-15(12)21-16-5-3-2-4-14(16)17/h2-7,10,19H,8-9,11H2,1H3.